The summed E-state index contributed by atoms with van der Waals surface area (Å²) in [7, 11) is 0. The number of thiazole rings is 1. The third-order valence-corrected chi connectivity index (χ3v) is 4.00. The number of carbonyl (C=O) groups is 1. The van der Waals surface area contributed by atoms with Crippen molar-refractivity contribution >= 4 is 38.3 Å². The SMILES string of the molecule is CCOc1ccc2nc(NC(=O)c3ccc(N)cc3)sc2c1. The van der Waals surface area contributed by atoms with E-state index in [1.54, 1.807) is 24.3 Å². The van der Waals surface area contributed by atoms with Gasteiger partial charge in [-0.2, -0.15) is 0 Å². The summed E-state index contributed by atoms with van der Waals surface area (Å²) in [6, 6.07) is 12.4. The summed E-state index contributed by atoms with van der Waals surface area (Å²) >= 11 is 1.42. The molecule has 0 aliphatic rings. The molecule has 0 unspecified atom stereocenters. The molecule has 0 spiro atoms. The lowest BCUT2D eigenvalue weighted by atomic mass is 10.2. The number of ether oxygens (including phenoxy) is 1. The molecular formula is C16H15N3O2S. The van der Waals surface area contributed by atoms with Crippen molar-refractivity contribution in [1.29, 1.82) is 0 Å². The molecule has 0 bridgehead atoms. The minimum absolute atomic E-state index is 0.205. The van der Waals surface area contributed by atoms with Crippen LogP contribution in [0.3, 0.4) is 0 Å². The lowest BCUT2D eigenvalue weighted by molar-refractivity contribution is 0.102. The van der Waals surface area contributed by atoms with Crippen molar-refractivity contribution in [1.82, 2.24) is 4.98 Å². The van der Waals surface area contributed by atoms with Crippen LogP contribution < -0.4 is 15.8 Å². The molecule has 5 nitrogen and oxygen atoms in total. The molecule has 0 radical (unpaired) electrons. The number of amides is 1. The number of hydrogen-bond donors (Lipinski definition) is 2. The van der Waals surface area contributed by atoms with Crippen LogP contribution in [-0.4, -0.2) is 17.5 Å². The van der Waals surface area contributed by atoms with E-state index in [-0.39, 0.29) is 5.91 Å². The second-order valence-electron chi connectivity index (χ2n) is 4.66. The predicted molar refractivity (Wildman–Crippen MR) is 89.6 cm³/mol. The minimum Gasteiger partial charge on any atom is -0.494 e. The lowest BCUT2D eigenvalue weighted by Gasteiger charge is -2.01. The van der Waals surface area contributed by atoms with E-state index in [9.17, 15) is 4.79 Å². The smallest absolute Gasteiger partial charge is 0.257 e. The van der Waals surface area contributed by atoms with E-state index in [0.29, 0.717) is 23.0 Å². The Labute approximate surface area is 131 Å². The summed E-state index contributed by atoms with van der Waals surface area (Å²) in [4.78, 5) is 16.6. The molecule has 3 aromatic rings. The van der Waals surface area contributed by atoms with Crippen LogP contribution in [0.5, 0.6) is 5.75 Å². The highest BCUT2D eigenvalue weighted by Crippen LogP contribution is 2.29. The highest BCUT2D eigenvalue weighted by Gasteiger charge is 2.10. The van der Waals surface area contributed by atoms with E-state index in [2.05, 4.69) is 10.3 Å². The molecule has 6 heteroatoms. The van der Waals surface area contributed by atoms with Crippen molar-refractivity contribution in [2.24, 2.45) is 0 Å². The van der Waals surface area contributed by atoms with E-state index in [1.807, 2.05) is 25.1 Å². The van der Waals surface area contributed by atoms with Crippen molar-refractivity contribution in [2.45, 2.75) is 6.92 Å². The van der Waals surface area contributed by atoms with Gasteiger partial charge >= 0.3 is 0 Å². The Balaban J connectivity index is 1.81. The average Bonchev–Trinajstić information content (AvgIpc) is 2.89. The fraction of sp³-hybridized carbons (Fsp3) is 0.125. The van der Waals surface area contributed by atoms with Crippen LogP contribution in [0, 0.1) is 0 Å². The zero-order valence-electron chi connectivity index (χ0n) is 12.0. The Morgan fingerprint density at radius 2 is 2.05 bits per heavy atom. The summed E-state index contributed by atoms with van der Waals surface area (Å²) in [5, 5.41) is 3.37. The maximum Gasteiger partial charge on any atom is 0.257 e. The number of rotatable bonds is 4. The van der Waals surface area contributed by atoms with Gasteiger partial charge in [-0.05, 0) is 49.4 Å². The molecule has 1 amide bonds. The molecule has 0 saturated carbocycles. The Hall–Kier alpha value is -2.60. The van der Waals surface area contributed by atoms with Gasteiger partial charge in [0, 0.05) is 11.3 Å². The van der Waals surface area contributed by atoms with E-state index >= 15 is 0 Å². The molecule has 1 heterocycles. The van der Waals surface area contributed by atoms with Crippen LogP contribution in [-0.2, 0) is 0 Å². The molecular weight excluding hydrogens is 298 g/mol. The van der Waals surface area contributed by atoms with E-state index in [4.69, 9.17) is 10.5 Å². The zero-order chi connectivity index (χ0) is 15.5. The molecule has 3 N–H and O–H groups in total. The van der Waals surface area contributed by atoms with Gasteiger partial charge in [-0.3, -0.25) is 10.1 Å². The van der Waals surface area contributed by atoms with Gasteiger partial charge in [0.05, 0.1) is 16.8 Å². The van der Waals surface area contributed by atoms with Gasteiger partial charge in [0.1, 0.15) is 5.75 Å². The Bertz CT molecular complexity index is 812. The summed E-state index contributed by atoms with van der Waals surface area (Å²) in [6.45, 7) is 2.56. The number of hydrogen-bond acceptors (Lipinski definition) is 5. The molecule has 0 aliphatic heterocycles. The third-order valence-electron chi connectivity index (χ3n) is 3.06. The number of fused-ring (bicyclic) bond motifs is 1. The van der Waals surface area contributed by atoms with Crippen LogP contribution in [0.1, 0.15) is 17.3 Å². The van der Waals surface area contributed by atoms with Crippen molar-refractivity contribution in [3.63, 3.8) is 0 Å². The second kappa shape index (κ2) is 6.03. The van der Waals surface area contributed by atoms with E-state index in [1.165, 1.54) is 11.3 Å². The van der Waals surface area contributed by atoms with Crippen molar-refractivity contribution in [2.75, 3.05) is 17.7 Å². The van der Waals surface area contributed by atoms with E-state index < -0.39 is 0 Å². The first-order valence-corrected chi connectivity index (χ1v) is 7.67. The first-order valence-electron chi connectivity index (χ1n) is 6.86. The fourth-order valence-corrected chi connectivity index (χ4v) is 2.91. The first-order chi connectivity index (χ1) is 10.7. The number of aromatic nitrogens is 1. The highest BCUT2D eigenvalue weighted by molar-refractivity contribution is 7.22. The minimum atomic E-state index is -0.205. The number of nitrogens with one attached hydrogen (secondary N) is 1. The number of nitrogen functional groups attached to an aromatic ring is 1. The number of carbonyl (C=O) groups excluding carboxylic acids is 1. The van der Waals surface area contributed by atoms with Crippen molar-refractivity contribution in [3.05, 3.63) is 48.0 Å². The van der Waals surface area contributed by atoms with Crippen LogP contribution in [0.15, 0.2) is 42.5 Å². The standard InChI is InChI=1S/C16H15N3O2S/c1-2-21-12-7-8-13-14(9-12)22-16(18-13)19-15(20)10-3-5-11(17)6-4-10/h3-9H,2,17H2,1H3,(H,18,19,20). The average molecular weight is 313 g/mol. The Morgan fingerprint density at radius 3 is 2.77 bits per heavy atom. The normalized spacial score (nSPS) is 10.6. The predicted octanol–water partition coefficient (Wildman–Crippen LogP) is 3.53. The summed E-state index contributed by atoms with van der Waals surface area (Å²) in [5.74, 6) is 0.596. The van der Waals surface area contributed by atoms with Crippen LogP contribution >= 0.6 is 11.3 Å². The molecule has 3 rings (SSSR count). The van der Waals surface area contributed by atoms with Crippen LogP contribution in [0.4, 0.5) is 10.8 Å². The second-order valence-corrected chi connectivity index (χ2v) is 5.69. The fourth-order valence-electron chi connectivity index (χ4n) is 2.02. The topological polar surface area (TPSA) is 77.2 Å². The van der Waals surface area contributed by atoms with Gasteiger partial charge in [-0.15, -0.1) is 0 Å². The van der Waals surface area contributed by atoms with Gasteiger partial charge in [-0.1, -0.05) is 11.3 Å². The monoisotopic (exact) mass is 313 g/mol. The van der Waals surface area contributed by atoms with E-state index in [0.717, 1.165) is 16.0 Å². The largest absolute Gasteiger partial charge is 0.494 e. The van der Waals surface area contributed by atoms with Gasteiger partial charge in [-0.25, -0.2) is 4.98 Å². The zero-order valence-corrected chi connectivity index (χ0v) is 12.8. The molecule has 2 aromatic carbocycles. The van der Waals surface area contributed by atoms with Crippen molar-refractivity contribution in [3.8, 4) is 5.75 Å². The van der Waals surface area contributed by atoms with Crippen LogP contribution in [0.25, 0.3) is 10.2 Å². The maximum atomic E-state index is 12.2. The molecule has 0 aliphatic carbocycles. The lowest BCUT2D eigenvalue weighted by Crippen LogP contribution is -2.11. The van der Waals surface area contributed by atoms with Gasteiger partial charge in [0.25, 0.3) is 5.91 Å². The molecule has 0 fully saturated rings. The van der Waals surface area contributed by atoms with Gasteiger partial charge in [0.2, 0.25) is 0 Å². The van der Waals surface area contributed by atoms with Gasteiger partial charge < -0.3 is 10.5 Å². The number of nitrogens with two attached hydrogens (primary N) is 1. The third kappa shape index (κ3) is 3.01. The first kappa shape index (κ1) is 14.3. The Kier molecular flexibility index (Phi) is 3.93. The summed E-state index contributed by atoms with van der Waals surface area (Å²) in [6.07, 6.45) is 0. The van der Waals surface area contributed by atoms with Crippen LogP contribution in [0.2, 0.25) is 0 Å². The highest BCUT2D eigenvalue weighted by atomic mass is 32.1. The molecule has 0 saturated heterocycles. The van der Waals surface area contributed by atoms with Gasteiger partial charge in [0.15, 0.2) is 5.13 Å². The summed E-state index contributed by atoms with van der Waals surface area (Å²) < 4.78 is 6.44. The maximum absolute atomic E-state index is 12.2. The number of anilines is 2. The Morgan fingerprint density at radius 1 is 1.27 bits per heavy atom. The number of nitrogens with zero attached hydrogens (tertiary/aromatic N) is 1. The number of benzene rings is 2. The molecule has 112 valence electrons. The summed E-state index contributed by atoms with van der Waals surface area (Å²) in [5.41, 5.74) is 7.62. The molecule has 0 atom stereocenters. The quantitative estimate of drug-likeness (QED) is 0.722. The molecule has 22 heavy (non-hydrogen) atoms. The van der Waals surface area contributed by atoms with Crippen molar-refractivity contribution < 1.29 is 9.53 Å². The molecule has 1 aromatic heterocycles.